The maximum absolute atomic E-state index is 10.8. The summed E-state index contributed by atoms with van der Waals surface area (Å²) in [4.78, 5) is 1.23. The van der Waals surface area contributed by atoms with Crippen LogP contribution in [-0.4, -0.2) is 27.0 Å². The highest BCUT2D eigenvalue weighted by atomic mass is 32.2. The molecule has 0 amide bonds. The van der Waals surface area contributed by atoms with Crippen LogP contribution in [0, 0.1) is 6.92 Å². The lowest BCUT2D eigenvalue weighted by atomic mass is 10.2. The fourth-order valence-corrected chi connectivity index (χ4v) is 2.52. The monoisotopic (exact) mass is 259 g/mol. The first-order chi connectivity index (χ1) is 7.47. The van der Waals surface area contributed by atoms with Crippen molar-refractivity contribution in [2.24, 2.45) is 0 Å². The summed E-state index contributed by atoms with van der Waals surface area (Å²) in [6.07, 6.45) is 2.02. The summed E-state index contributed by atoms with van der Waals surface area (Å²) < 4.78 is 24.0. The number of nitrogens with one attached hydrogen (secondary N) is 1. The van der Waals surface area contributed by atoms with Gasteiger partial charge in [-0.1, -0.05) is 17.7 Å². The molecule has 3 nitrogen and oxygen atoms in total. The molecule has 1 N–H and O–H groups in total. The molecule has 0 heterocycles. The van der Waals surface area contributed by atoms with E-state index < -0.39 is 10.0 Å². The Balaban J connectivity index is 2.19. The van der Waals surface area contributed by atoms with E-state index in [0.29, 0.717) is 6.54 Å². The van der Waals surface area contributed by atoms with Gasteiger partial charge in [0.15, 0.2) is 0 Å². The van der Waals surface area contributed by atoms with E-state index in [1.54, 1.807) is 11.8 Å². The highest BCUT2D eigenvalue weighted by molar-refractivity contribution is 7.99. The van der Waals surface area contributed by atoms with Gasteiger partial charge < -0.3 is 0 Å². The molecule has 1 rings (SSSR count). The summed E-state index contributed by atoms with van der Waals surface area (Å²) in [6.45, 7) is 2.57. The van der Waals surface area contributed by atoms with Gasteiger partial charge in [-0.3, -0.25) is 0 Å². The molecule has 0 spiro atoms. The van der Waals surface area contributed by atoms with Crippen molar-refractivity contribution in [2.75, 3.05) is 18.6 Å². The molecule has 0 saturated carbocycles. The Morgan fingerprint density at radius 1 is 1.25 bits per heavy atom. The number of benzene rings is 1. The topological polar surface area (TPSA) is 46.2 Å². The Labute approximate surface area is 102 Å². The molecule has 0 fully saturated rings. The zero-order valence-corrected chi connectivity index (χ0v) is 11.2. The van der Waals surface area contributed by atoms with E-state index in [2.05, 4.69) is 35.9 Å². The smallest absolute Gasteiger partial charge is 0.208 e. The van der Waals surface area contributed by atoms with Gasteiger partial charge >= 0.3 is 0 Å². The second-order valence-electron chi connectivity index (χ2n) is 3.68. The molecule has 0 aliphatic heterocycles. The summed E-state index contributed by atoms with van der Waals surface area (Å²) in [6, 6.07) is 8.34. The van der Waals surface area contributed by atoms with Gasteiger partial charge in [-0.25, -0.2) is 13.1 Å². The second-order valence-corrected chi connectivity index (χ2v) is 6.68. The summed E-state index contributed by atoms with van der Waals surface area (Å²) in [7, 11) is -3.03. The van der Waals surface area contributed by atoms with Gasteiger partial charge in [0.2, 0.25) is 10.0 Å². The lowest BCUT2D eigenvalue weighted by Gasteiger charge is -2.03. The van der Waals surface area contributed by atoms with Crippen LogP contribution in [0.5, 0.6) is 0 Å². The predicted molar refractivity (Wildman–Crippen MR) is 69.4 cm³/mol. The molecule has 16 heavy (non-hydrogen) atoms. The van der Waals surface area contributed by atoms with Crippen molar-refractivity contribution in [3.63, 3.8) is 0 Å². The van der Waals surface area contributed by atoms with E-state index in [-0.39, 0.29) is 0 Å². The van der Waals surface area contributed by atoms with Crippen LogP contribution in [0.3, 0.4) is 0 Å². The Hall–Kier alpha value is -0.520. The molecule has 0 radical (unpaired) electrons. The molecule has 0 bridgehead atoms. The van der Waals surface area contributed by atoms with Crippen LogP contribution in [0.2, 0.25) is 0 Å². The number of thioether (sulfide) groups is 1. The SMILES string of the molecule is Cc1ccc(SCCCNS(C)(=O)=O)cc1. The van der Waals surface area contributed by atoms with Gasteiger partial charge in [0.25, 0.3) is 0 Å². The third-order valence-corrected chi connectivity index (χ3v) is 3.80. The van der Waals surface area contributed by atoms with E-state index >= 15 is 0 Å². The molecule has 90 valence electrons. The minimum atomic E-state index is -3.03. The number of sulfonamides is 1. The summed E-state index contributed by atoms with van der Waals surface area (Å²) in [5.74, 6) is 0.922. The van der Waals surface area contributed by atoms with Crippen molar-refractivity contribution in [3.05, 3.63) is 29.8 Å². The van der Waals surface area contributed by atoms with E-state index in [1.165, 1.54) is 16.7 Å². The fourth-order valence-electron chi connectivity index (χ4n) is 1.15. The largest absolute Gasteiger partial charge is 0.215 e. The van der Waals surface area contributed by atoms with Gasteiger partial charge in [0.1, 0.15) is 0 Å². The van der Waals surface area contributed by atoms with Gasteiger partial charge in [-0.05, 0) is 31.2 Å². The standard InChI is InChI=1S/C11H17NO2S2/c1-10-4-6-11(7-5-10)15-9-3-8-12-16(2,13)14/h4-7,12H,3,8-9H2,1-2H3. The third kappa shape index (κ3) is 6.15. The van der Waals surface area contributed by atoms with Crippen molar-refractivity contribution < 1.29 is 8.42 Å². The second kappa shape index (κ2) is 6.27. The Bertz CT molecular complexity index is 412. The van der Waals surface area contributed by atoms with Crippen LogP contribution >= 0.6 is 11.8 Å². The predicted octanol–water partition coefficient (Wildman–Crippen LogP) is 2.03. The summed E-state index contributed by atoms with van der Waals surface area (Å²) in [5.41, 5.74) is 1.25. The molecule has 0 aliphatic rings. The molecular formula is C11H17NO2S2. The van der Waals surface area contributed by atoms with E-state index in [4.69, 9.17) is 0 Å². The highest BCUT2D eigenvalue weighted by Crippen LogP contribution is 2.18. The summed E-state index contributed by atoms with van der Waals surface area (Å²) >= 11 is 1.74. The van der Waals surface area contributed by atoms with Crippen LogP contribution < -0.4 is 4.72 Å². The van der Waals surface area contributed by atoms with Gasteiger partial charge in [0, 0.05) is 11.4 Å². The van der Waals surface area contributed by atoms with E-state index in [0.717, 1.165) is 12.2 Å². The summed E-state index contributed by atoms with van der Waals surface area (Å²) in [5, 5.41) is 0. The first-order valence-corrected chi connectivity index (χ1v) is 7.99. The van der Waals surface area contributed by atoms with E-state index in [9.17, 15) is 8.42 Å². The van der Waals surface area contributed by atoms with Crippen LogP contribution in [0.1, 0.15) is 12.0 Å². The fraction of sp³-hybridized carbons (Fsp3) is 0.455. The molecular weight excluding hydrogens is 242 g/mol. The van der Waals surface area contributed by atoms with Crippen LogP contribution in [0.4, 0.5) is 0 Å². The zero-order valence-electron chi connectivity index (χ0n) is 9.56. The normalized spacial score (nSPS) is 11.6. The quantitative estimate of drug-likeness (QED) is 0.628. The first-order valence-electron chi connectivity index (χ1n) is 5.11. The van der Waals surface area contributed by atoms with Crippen molar-refractivity contribution in [1.82, 2.24) is 4.72 Å². The first kappa shape index (κ1) is 13.5. The molecule has 1 aromatic carbocycles. The van der Waals surface area contributed by atoms with Crippen molar-refractivity contribution in [1.29, 1.82) is 0 Å². The lowest BCUT2D eigenvalue weighted by molar-refractivity contribution is 0.587. The highest BCUT2D eigenvalue weighted by Gasteiger charge is 1.99. The molecule has 0 atom stereocenters. The van der Waals surface area contributed by atoms with Crippen molar-refractivity contribution >= 4 is 21.8 Å². The third-order valence-electron chi connectivity index (χ3n) is 1.98. The average molecular weight is 259 g/mol. The minimum absolute atomic E-state index is 0.512. The Morgan fingerprint density at radius 2 is 1.88 bits per heavy atom. The number of rotatable bonds is 6. The zero-order chi connectivity index (χ0) is 12.0. The molecule has 0 saturated heterocycles. The Kier molecular flexibility index (Phi) is 5.31. The molecule has 1 aromatic rings. The Morgan fingerprint density at radius 3 is 2.44 bits per heavy atom. The van der Waals surface area contributed by atoms with Gasteiger partial charge in [-0.2, -0.15) is 0 Å². The van der Waals surface area contributed by atoms with Crippen LogP contribution in [0.15, 0.2) is 29.2 Å². The number of hydrogen-bond acceptors (Lipinski definition) is 3. The lowest BCUT2D eigenvalue weighted by Crippen LogP contribution is -2.23. The van der Waals surface area contributed by atoms with E-state index in [1.807, 2.05) is 0 Å². The molecule has 0 unspecified atom stereocenters. The number of aryl methyl sites for hydroxylation is 1. The van der Waals surface area contributed by atoms with Crippen molar-refractivity contribution in [2.45, 2.75) is 18.2 Å². The number of hydrogen-bond donors (Lipinski definition) is 1. The maximum atomic E-state index is 10.8. The average Bonchev–Trinajstić information content (AvgIpc) is 2.19. The van der Waals surface area contributed by atoms with Crippen molar-refractivity contribution in [3.8, 4) is 0 Å². The maximum Gasteiger partial charge on any atom is 0.208 e. The van der Waals surface area contributed by atoms with Crippen LogP contribution in [-0.2, 0) is 10.0 Å². The van der Waals surface area contributed by atoms with Gasteiger partial charge in [-0.15, -0.1) is 11.8 Å². The minimum Gasteiger partial charge on any atom is -0.215 e. The van der Waals surface area contributed by atoms with Gasteiger partial charge in [0.05, 0.1) is 6.26 Å². The van der Waals surface area contributed by atoms with Crippen LogP contribution in [0.25, 0.3) is 0 Å². The molecule has 0 aliphatic carbocycles. The molecule has 0 aromatic heterocycles. The molecule has 5 heteroatoms.